The highest BCUT2D eigenvalue weighted by atomic mass is 16.5. The first kappa shape index (κ1) is 15.7. The maximum atomic E-state index is 12.6. The molecule has 0 aliphatic carbocycles. The van der Waals surface area contributed by atoms with E-state index in [0.29, 0.717) is 17.1 Å². The van der Waals surface area contributed by atoms with Crippen LogP contribution in [-0.4, -0.2) is 15.9 Å². The quantitative estimate of drug-likeness (QED) is 0.785. The minimum atomic E-state index is -0.313. The molecule has 0 aliphatic rings. The number of carbonyl (C=O) groups is 1. The molecule has 3 aromatic rings. The Bertz CT molecular complexity index is 843. The van der Waals surface area contributed by atoms with Crippen LogP contribution in [0.25, 0.3) is 0 Å². The van der Waals surface area contributed by atoms with Crippen LogP contribution in [-0.2, 0) is 0 Å². The summed E-state index contributed by atoms with van der Waals surface area (Å²) in [7, 11) is 0. The Balaban J connectivity index is 1.85. The van der Waals surface area contributed by atoms with Crippen LogP contribution >= 0.6 is 0 Å². The second-order valence-corrected chi connectivity index (χ2v) is 5.34. The molecule has 5 nitrogen and oxygen atoms in total. The Morgan fingerprint density at radius 1 is 0.917 bits per heavy atom. The normalized spacial score (nSPS) is 10.2. The van der Waals surface area contributed by atoms with Crippen molar-refractivity contribution >= 4 is 11.9 Å². The lowest BCUT2D eigenvalue weighted by atomic mass is 10.2. The Morgan fingerprint density at radius 2 is 1.54 bits per heavy atom. The molecule has 5 heteroatoms. The molecule has 0 saturated heterocycles. The number of anilines is 1. The van der Waals surface area contributed by atoms with Crippen LogP contribution in [0.4, 0.5) is 5.95 Å². The second kappa shape index (κ2) is 6.91. The molecule has 1 N–H and O–H groups in total. The van der Waals surface area contributed by atoms with Crippen LogP contribution in [0.2, 0.25) is 0 Å². The summed E-state index contributed by atoms with van der Waals surface area (Å²) in [6.45, 7) is 3.72. The molecule has 0 unspecified atom stereocenters. The van der Waals surface area contributed by atoms with Crippen molar-refractivity contribution in [1.29, 1.82) is 0 Å². The van der Waals surface area contributed by atoms with Crippen molar-refractivity contribution in [2.24, 2.45) is 0 Å². The largest absolute Gasteiger partial charge is 0.457 e. The molecule has 0 aliphatic heterocycles. The van der Waals surface area contributed by atoms with Crippen LogP contribution in [0.1, 0.15) is 21.7 Å². The van der Waals surface area contributed by atoms with Crippen molar-refractivity contribution in [3.63, 3.8) is 0 Å². The van der Waals surface area contributed by atoms with Gasteiger partial charge in [-0.15, -0.1) is 0 Å². The molecule has 0 atom stereocenters. The molecule has 24 heavy (non-hydrogen) atoms. The highest BCUT2D eigenvalue weighted by Crippen LogP contribution is 2.25. The fourth-order valence-corrected chi connectivity index (χ4v) is 2.31. The first-order valence-corrected chi connectivity index (χ1v) is 7.57. The standard InChI is InChI=1S/C19H17N3O2/c1-13-12-14(2)21-19(20-13)22-18(23)16-10-6-7-11-17(16)24-15-8-4-3-5-9-15/h3-12H,1-2H3,(H,20,21,22,23). The molecule has 120 valence electrons. The van der Waals surface area contributed by atoms with Crippen molar-refractivity contribution in [3.05, 3.63) is 77.6 Å². The molecule has 1 heterocycles. The third kappa shape index (κ3) is 3.76. The van der Waals surface area contributed by atoms with Gasteiger partial charge in [-0.2, -0.15) is 0 Å². The average molecular weight is 319 g/mol. The van der Waals surface area contributed by atoms with E-state index in [2.05, 4.69) is 15.3 Å². The lowest BCUT2D eigenvalue weighted by molar-refractivity contribution is 0.102. The number of carbonyl (C=O) groups excluding carboxylic acids is 1. The van der Waals surface area contributed by atoms with E-state index < -0.39 is 0 Å². The van der Waals surface area contributed by atoms with Gasteiger partial charge < -0.3 is 4.74 Å². The molecule has 0 radical (unpaired) electrons. The summed E-state index contributed by atoms with van der Waals surface area (Å²) in [6.07, 6.45) is 0. The van der Waals surface area contributed by atoms with Crippen LogP contribution < -0.4 is 10.1 Å². The summed E-state index contributed by atoms with van der Waals surface area (Å²) >= 11 is 0. The zero-order valence-corrected chi connectivity index (χ0v) is 13.5. The summed E-state index contributed by atoms with van der Waals surface area (Å²) < 4.78 is 5.81. The molecule has 0 spiro atoms. The number of aromatic nitrogens is 2. The number of para-hydroxylation sites is 2. The third-order valence-electron chi connectivity index (χ3n) is 3.31. The Kier molecular flexibility index (Phi) is 4.52. The molecule has 2 aromatic carbocycles. The summed E-state index contributed by atoms with van der Waals surface area (Å²) in [4.78, 5) is 21.0. The van der Waals surface area contributed by atoms with Gasteiger partial charge in [0.05, 0.1) is 5.56 Å². The molecule has 0 fully saturated rings. The van der Waals surface area contributed by atoms with E-state index in [0.717, 1.165) is 11.4 Å². The van der Waals surface area contributed by atoms with Crippen LogP contribution in [0, 0.1) is 13.8 Å². The number of benzene rings is 2. The highest BCUT2D eigenvalue weighted by molar-refractivity contribution is 6.05. The highest BCUT2D eigenvalue weighted by Gasteiger charge is 2.14. The summed E-state index contributed by atoms with van der Waals surface area (Å²) in [5.41, 5.74) is 2.02. The van der Waals surface area contributed by atoms with Crippen LogP contribution in [0.5, 0.6) is 11.5 Å². The minimum absolute atomic E-state index is 0.284. The van der Waals surface area contributed by atoms with Gasteiger partial charge >= 0.3 is 0 Å². The van der Waals surface area contributed by atoms with Gasteiger partial charge in [-0.05, 0) is 44.2 Å². The number of aryl methyl sites for hydroxylation is 2. The lowest BCUT2D eigenvalue weighted by Gasteiger charge is -2.11. The van der Waals surface area contributed by atoms with Crippen molar-refractivity contribution in [2.75, 3.05) is 5.32 Å². The predicted octanol–water partition coefficient (Wildman–Crippen LogP) is 4.14. The third-order valence-corrected chi connectivity index (χ3v) is 3.31. The summed E-state index contributed by atoms with van der Waals surface area (Å²) in [6, 6.07) is 18.2. The molecule has 1 amide bonds. The van der Waals surface area contributed by atoms with E-state index in [9.17, 15) is 4.79 Å². The van der Waals surface area contributed by atoms with Gasteiger partial charge in [0.2, 0.25) is 5.95 Å². The molecular weight excluding hydrogens is 302 g/mol. The Labute approximate surface area is 140 Å². The fourth-order valence-electron chi connectivity index (χ4n) is 2.31. The fraction of sp³-hybridized carbons (Fsp3) is 0.105. The molecule has 1 aromatic heterocycles. The SMILES string of the molecule is Cc1cc(C)nc(NC(=O)c2ccccc2Oc2ccccc2)n1. The van der Waals surface area contributed by atoms with Crippen LogP contribution in [0.3, 0.4) is 0 Å². The minimum Gasteiger partial charge on any atom is -0.457 e. The summed E-state index contributed by atoms with van der Waals surface area (Å²) in [5.74, 6) is 1.12. The number of hydrogen-bond acceptors (Lipinski definition) is 4. The number of amides is 1. The lowest BCUT2D eigenvalue weighted by Crippen LogP contribution is -2.15. The second-order valence-electron chi connectivity index (χ2n) is 5.34. The van der Waals surface area contributed by atoms with Gasteiger partial charge in [-0.3, -0.25) is 10.1 Å². The maximum absolute atomic E-state index is 12.6. The number of rotatable bonds is 4. The van der Waals surface area contributed by atoms with Gasteiger partial charge in [-0.1, -0.05) is 30.3 Å². The molecule has 0 saturated carbocycles. The maximum Gasteiger partial charge on any atom is 0.261 e. The van der Waals surface area contributed by atoms with Gasteiger partial charge in [0.1, 0.15) is 11.5 Å². The molecular formula is C19H17N3O2. The smallest absolute Gasteiger partial charge is 0.261 e. The number of hydrogen-bond donors (Lipinski definition) is 1. The summed E-state index contributed by atoms with van der Waals surface area (Å²) in [5, 5.41) is 2.72. The van der Waals surface area contributed by atoms with E-state index in [1.54, 1.807) is 18.2 Å². The van der Waals surface area contributed by atoms with Gasteiger partial charge in [-0.25, -0.2) is 9.97 Å². The molecule has 0 bridgehead atoms. The van der Waals surface area contributed by atoms with Gasteiger partial charge in [0, 0.05) is 11.4 Å². The van der Waals surface area contributed by atoms with Crippen molar-refractivity contribution in [3.8, 4) is 11.5 Å². The monoisotopic (exact) mass is 319 g/mol. The van der Waals surface area contributed by atoms with Crippen molar-refractivity contribution in [1.82, 2.24) is 9.97 Å². The Morgan fingerprint density at radius 3 is 2.25 bits per heavy atom. The number of nitrogens with zero attached hydrogens (tertiary/aromatic N) is 2. The van der Waals surface area contributed by atoms with E-state index in [1.165, 1.54) is 0 Å². The van der Waals surface area contributed by atoms with Crippen LogP contribution in [0.15, 0.2) is 60.7 Å². The molecule has 3 rings (SSSR count). The zero-order chi connectivity index (χ0) is 16.9. The first-order chi connectivity index (χ1) is 11.6. The van der Waals surface area contributed by atoms with Gasteiger partial charge in [0.25, 0.3) is 5.91 Å². The first-order valence-electron chi connectivity index (χ1n) is 7.57. The average Bonchev–Trinajstić information content (AvgIpc) is 2.55. The van der Waals surface area contributed by atoms with E-state index in [1.807, 2.05) is 56.3 Å². The number of ether oxygens (including phenoxy) is 1. The zero-order valence-electron chi connectivity index (χ0n) is 13.5. The van der Waals surface area contributed by atoms with Crippen molar-refractivity contribution in [2.45, 2.75) is 13.8 Å². The van der Waals surface area contributed by atoms with Gasteiger partial charge in [0.15, 0.2) is 0 Å². The predicted molar refractivity (Wildman–Crippen MR) is 92.4 cm³/mol. The van der Waals surface area contributed by atoms with E-state index >= 15 is 0 Å². The van der Waals surface area contributed by atoms with E-state index in [-0.39, 0.29) is 11.9 Å². The number of nitrogens with one attached hydrogen (secondary N) is 1. The topological polar surface area (TPSA) is 64.1 Å². The van der Waals surface area contributed by atoms with E-state index in [4.69, 9.17) is 4.74 Å². The Hall–Kier alpha value is -3.21. The van der Waals surface area contributed by atoms with Crippen molar-refractivity contribution < 1.29 is 9.53 Å².